The maximum Gasteiger partial charge on any atom is 0.229 e. The molecule has 1 aromatic heterocycles. The first-order valence-corrected chi connectivity index (χ1v) is 14.7. The molecular formula is C31H38O17. The molecule has 0 aliphatic carbocycles. The van der Waals surface area contributed by atoms with Crippen LogP contribution < -0.4 is 29.1 Å². The Labute approximate surface area is 272 Å². The summed E-state index contributed by atoms with van der Waals surface area (Å²) in [6, 6.07) is 5.38. The van der Waals surface area contributed by atoms with E-state index in [2.05, 4.69) is 0 Å². The SMILES string of the molecule is COc1cc(-c2cc(=O)c3c(O[C@@H]4OC(CO[C@@H]5OC(C)[C@H](O)C(O)[C@@H]5O)[C@@H](O)[C@H](O)C4O)c(OC)c(OC)cc3o2)cc(OC)c1O. The molecule has 48 heavy (non-hydrogen) atoms. The third-order valence-electron chi connectivity index (χ3n) is 8.22. The first kappa shape index (κ1) is 35.4. The van der Waals surface area contributed by atoms with Crippen LogP contribution >= 0.6 is 0 Å². The van der Waals surface area contributed by atoms with Crippen LogP contribution in [0.15, 0.2) is 33.5 Å². The summed E-state index contributed by atoms with van der Waals surface area (Å²) < 4.78 is 50.1. The van der Waals surface area contributed by atoms with Gasteiger partial charge in [-0.1, -0.05) is 0 Å². The summed E-state index contributed by atoms with van der Waals surface area (Å²) in [5.41, 5.74) is -0.385. The molecule has 2 saturated heterocycles. The second-order valence-corrected chi connectivity index (χ2v) is 11.2. The highest BCUT2D eigenvalue weighted by Gasteiger charge is 2.48. The second-order valence-electron chi connectivity index (χ2n) is 11.2. The Morgan fingerprint density at radius 3 is 1.90 bits per heavy atom. The first-order chi connectivity index (χ1) is 22.8. The number of hydrogen-bond acceptors (Lipinski definition) is 17. The molecule has 0 saturated carbocycles. The molecule has 3 heterocycles. The Morgan fingerprint density at radius 2 is 1.29 bits per heavy atom. The third kappa shape index (κ3) is 6.43. The van der Waals surface area contributed by atoms with Crippen LogP contribution in [0.5, 0.6) is 34.5 Å². The monoisotopic (exact) mass is 682 g/mol. The lowest BCUT2D eigenvalue weighted by molar-refractivity contribution is -0.318. The lowest BCUT2D eigenvalue weighted by Crippen LogP contribution is -2.61. The normalized spacial score (nSPS) is 30.6. The van der Waals surface area contributed by atoms with Crippen LogP contribution in [0.1, 0.15) is 6.92 Å². The number of benzene rings is 2. The van der Waals surface area contributed by atoms with Gasteiger partial charge in [0.1, 0.15) is 59.5 Å². The van der Waals surface area contributed by atoms with Crippen molar-refractivity contribution < 1.29 is 78.1 Å². The fraction of sp³-hybridized carbons (Fsp3) is 0.516. The van der Waals surface area contributed by atoms with Gasteiger partial charge < -0.3 is 78.1 Å². The van der Waals surface area contributed by atoms with Crippen LogP contribution in [-0.4, -0.2) is 132 Å². The number of phenolic OH excluding ortho intramolecular Hbond substituents is 1. The van der Waals surface area contributed by atoms with Crippen LogP contribution in [0.3, 0.4) is 0 Å². The summed E-state index contributed by atoms with van der Waals surface area (Å²) in [4.78, 5) is 13.7. The average molecular weight is 683 g/mol. The highest BCUT2D eigenvalue weighted by atomic mass is 16.7. The van der Waals surface area contributed by atoms with E-state index >= 15 is 0 Å². The number of aliphatic hydroxyl groups is 6. The standard InChI is InChI=1S/C31H38O17/c1-11-21(33)24(36)26(38)30(45-11)44-10-19-23(35)25(37)27(39)31(47-19)48-29-20-13(32)8-14(46-15(20)9-18(42-4)28(29)43-5)12-6-16(40-2)22(34)17(7-12)41-3/h6-9,11,19,21,23-27,30-31,33-39H,10H2,1-5H3/t11?,19?,21-,23+,24?,25-,26-,27?,30+,31-/m0/s1. The summed E-state index contributed by atoms with van der Waals surface area (Å²) in [6.07, 6.45) is -15.5. The molecule has 0 spiro atoms. The van der Waals surface area contributed by atoms with Gasteiger partial charge in [0.2, 0.25) is 17.8 Å². The predicted molar refractivity (Wildman–Crippen MR) is 161 cm³/mol. The molecule has 0 bridgehead atoms. The van der Waals surface area contributed by atoms with E-state index in [1.54, 1.807) is 0 Å². The van der Waals surface area contributed by atoms with Crippen molar-refractivity contribution in [2.45, 2.75) is 68.3 Å². The molecule has 4 unspecified atom stereocenters. The molecule has 264 valence electrons. The van der Waals surface area contributed by atoms with Gasteiger partial charge in [0.25, 0.3) is 0 Å². The van der Waals surface area contributed by atoms with Crippen molar-refractivity contribution in [1.29, 1.82) is 0 Å². The summed E-state index contributed by atoms with van der Waals surface area (Å²) in [5.74, 6) is -0.446. The van der Waals surface area contributed by atoms with Gasteiger partial charge in [-0.2, -0.15) is 0 Å². The highest BCUT2D eigenvalue weighted by molar-refractivity contribution is 5.90. The topological polar surface area (TPSA) is 246 Å². The maximum absolute atomic E-state index is 13.7. The van der Waals surface area contributed by atoms with Crippen LogP contribution in [0, 0.1) is 0 Å². The maximum atomic E-state index is 13.7. The molecule has 2 aliphatic heterocycles. The van der Waals surface area contributed by atoms with Crippen molar-refractivity contribution in [1.82, 2.24) is 0 Å². The van der Waals surface area contributed by atoms with Crippen molar-refractivity contribution in [2.24, 2.45) is 0 Å². The van der Waals surface area contributed by atoms with E-state index in [0.29, 0.717) is 5.56 Å². The summed E-state index contributed by atoms with van der Waals surface area (Å²) in [7, 11) is 5.28. The quantitative estimate of drug-likeness (QED) is 0.139. The number of methoxy groups -OCH3 is 4. The van der Waals surface area contributed by atoms with Crippen LogP contribution in [0.2, 0.25) is 0 Å². The van der Waals surface area contributed by atoms with E-state index in [0.717, 1.165) is 6.07 Å². The number of ether oxygens (including phenoxy) is 8. The van der Waals surface area contributed by atoms with Crippen LogP contribution in [-0.2, 0) is 14.2 Å². The highest BCUT2D eigenvalue weighted by Crippen LogP contribution is 2.45. The largest absolute Gasteiger partial charge is 0.502 e. The zero-order valence-electron chi connectivity index (χ0n) is 26.5. The van der Waals surface area contributed by atoms with Crippen molar-refractivity contribution in [2.75, 3.05) is 35.0 Å². The Balaban J connectivity index is 1.49. The molecule has 10 atom stereocenters. The van der Waals surface area contributed by atoms with Crippen LogP contribution in [0.4, 0.5) is 0 Å². The smallest absolute Gasteiger partial charge is 0.229 e. The first-order valence-electron chi connectivity index (χ1n) is 14.7. The molecule has 17 nitrogen and oxygen atoms in total. The molecule has 5 rings (SSSR count). The molecule has 0 radical (unpaired) electrons. The molecule has 3 aromatic rings. The Bertz CT molecular complexity index is 1630. The summed E-state index contributed by atoms with van der Waals surface area (Å²) >= 11 is 0. The zero-order chi connectivity index (χ0) is 35.0. The molecule has 17 heteroatoms. The van der Waals surface area contributed by atoms with Crippen molar-refractivity contribution in [3.8, 4) is 45.8 Å². The summed E-state index contributed by atoms with van der Waals surface area (Å²) in [5, 5.41) is 72.7. The number of rotatable bonds is 10. The minimum absolute atomic E-state index is 0.0465. The van der Waals surface area contributed by atoms with Crippen LogP contribution in [0.25, 0.3) is 22.3 Å². The van der Waals surface area contributed by atoms with Gasteiger partial charge in [0, 0.05) is 17.7 Å². The van der Waals surface area contributed by atoms with E-state index in [1.165, 1.54) is 53.6 Å². The molecule has 2 fully saturated rings. The van der Waals surface area contributed by atoms with Gasteiger partial charge in [-0.3, -0.25) is 4.79 Å². The fourth-order valence-electron chi connectivity index (χ4n) is 5.49. The number of fused-ring (bicyclic) bond motifs is 1. The van der Waals surface area contributed by atoms with E-state index in [1.807, 2.05) is 0 Å². The Morgan fingerprint density at radius 1 is 0.688 bits per heavy atom. The molecular weight excluding hydrogens is 644 g/mol. The van der Waals surface area contributed by atoms with Gasteiger partial charge in [0.15, 0.2) is 34.7 Å². The minimum atomic E-state index is -1.86. The lowest BCUT2D eigenvalue weighted by Gasteiger charge is -2.42. The van der Waals surface area contributed by atoms with Gasteiger partial charge in [-0.15, -0.1) is 0 Å². The van der Waals surface area contributed by atoms with Gasteiger partial charge in [-0.05, 0) is 19.1 Å². The van der Waals surface area contributed by atoms with Crippen molar-refractivity contribution in [3.05, 3.63) is 34.5 Å². The van der Waals surface area contributed by atoms with E-state index in [4.69, 9.17) is 42.3 Å². The second kappa shape index (κ2) is 14.3. The Kier molecular flexibility index (Phi) is 10.5. The molecule has 0 amide bonds. The number of hydrogen-bond donors (Lipinski definition) is 7. The number of phenols is 1. The van der Waals surface area contributed by atoms with Gasteiger partial charge in [0.05, 0.1) is 41.2 Å². The average Bonchev–Trinajstić information content (AvgIpc) is 3.08. The van der Waals surface area contributed by atoms with Gasteiger partial charge >= 0.3 is 0 Å². The number of aliphatic hydroxyl groups excluding tert-OH is 6. The van der Waals surface area contributed by atoms with E-state index in [-0.39, 0.29) is 51.2 Å². The Hall–Kier alpha value is -3.91. The van der Waals surface area contributed by atoms with Crippen molar-refractivity contribution >= 4 is 11.0 Å². The minimum Gasteiger partial charge on any atom is -0.502 e. The third-order valence-corrected chi connectivity index (χ3v) is 8.22. The molecule has 2 aliphatic rings. The molecule has 2 aromatic carbocycles. The van der Waals surface area contributed by atoms with E-state index < -0.39 is 73.4 Å². The lowest BCUT2D eigenvalue weighted by atomic mass is 9.98. The predicted octanol–water partition coefficient (Wildman–Crippen LogP) is -0.769. The van der Waals surface area contributed by atoms with Gasteiger partial charge in [-0.25, -0.2) is 0 Å². The fourth-order valence-corrected chi connectivity index (χ4v) is 5.49. The number of aromatic hydroxyl groups is 1. The van der Waals surface area contributed by atoms with E-state index in [9.17, 15) is 40.5 Å². The van der Waals surface area contributed by atoms with Crippen molar-refractivity contribution in [3.63, 3.8) is 0 Å². The molecule has 7 N–H and O–H groups in total. The zero-order valence-corrected chi connectivity index (χ0v) is 26.5. The summed E-state index contributed by atoms with van der Waals surface area (Å²) in [6.45, 7) is 0.916.